The monoisotopic (exact) mass is 302 g/mol. The molecule has 4 nitrogen and oxygen atoms in total. The quantitative estimate of drug-likeness (QED) is 0.808. The molecule has 2 rings (SSSR count). The van der Waals surface area contributed by atoms with Crippen molar-refractivity contribution in [2.45, 2.75) is 39.7 Å². The number of fused-ring (bicyclic) bond motifs is 1. The van der Waals surface area contributed by atoms with Gasteiger partial charge in [-0.05, 0) is 31.9 Å². The molecule has 0 aliphatic rings. The number of hydrogen-bond donors (Lipinski definition) is 1. The summed E-state index contributed by atoms with van der Waals surface area (Å²) in [7, 11) is 0. The number of amides is 1. The highest BCUT2D eigenvalue weighted by atomic mass is 16.3. The second kappa shape index (κ2) is 7.99. The molecule has 120 valence electrons. The van der Waals surface area contributed by atoms with Gasteiger partial charge in [0.15, 0.2) is 0 Å². The molecule has 2 aromatic rings. The molecule has 0 spiro atoms. The van der Waals surface area contributed by atoms with Crippen LogP contribution in [0.1, 0.15) is 45.4 Å². The van der Waals surface area contributed by atoms with E-state index < -0.39 is 0 Å². The van der Waals surface area contributed by atoms with Crippen LogP contribution in [0.25, 0.3) is 11.0 Å². The zero-order valence-corrected chi connectivity index (χ0v) is 13.8. The number of para-hydroxylation sites is 1. The second-order valence-corrected chi connectivity index (χ2v) is 5.67. The zero-order valence-electron chi connectivity index (χ0n) is 13.8. The van der Waals surface area contributed by atoms with Crippen LogP contribution in [0.15, 0.2) is 34.7 Å². The summed E-state index contributed by atoms with van der Waals surface area (Å²) in [6, 6.07) is 10.0. The molecule has 0 radical (unpaired) electrons. The van der Waals surface area contributed by atoms with Crippen LogP contribution in [-0.2, 0) is 4.79 Å². The molecule has 22 heavy (non-hydrogen) atoms. The molecule has 0 bridgehead atoms. The predicted octanol–water partition coefficient (Wildman–Crippen LogP) is 3.73. The lowest BCUT2D eigenvalue weighted by molar-refractivity contribution is -0.130. The Bertz CT molecular complexity index is 567. The molecule has 1 amide bonds. The van der Waals surface area contributed by atoms with E-state index >= 15 is 0 Å². The standard InChI is InChI=1S/C18H26N2O2/c1-4-10-20(11-5-2)18(21)13-19-14(3)17-12-15-8-6-7-9-16(15)22-17/h6-9,12,14,19H,4-5,10-11,13H2,1-3H3. The van der Waals surface area contributed by atoms with Crippen molar-refractivity contribution < 1.29 is 9.21 Å². The molecule has 4 heteroatoms. The third-order valence-electron chi connectivity index (χ3n) is 3.77. The Balaban J connectivity index is 1.93. The Kier molecular flexibility index (Phi) is 6.01. The Hall–Kier alpha value is -1.81. The zero-order chi connectivity index (χ0) is 15.9. The van der Waals surface area contributed by atoms with Gasteiger partial charge in [0.2, 0.25) is 5.91 Å². The van der Waals surface area contributed by atoms with Crippen LogP contribution in [0.4, 0.5) is 0 Å². The van der Waals surface area contributed by atoms with Crippen molar-refractivity contribution in [3.63, 3.8) is 0 Å². The van der Waals surface area contributed by atoms with Crippen molar-refractivity contribution in [3.05, 3.63) is 36.1 Å². The van der Waals surface area contributed by atoms with Gasteiger partial charge in [-0.2, -0.15) is 0 Å². The fourth-order valence-electron chi connectivity index (χ4n) is 2.57. The summed E-state index contributed by atoms with van der Waals surface area (Å²) < 4.78 is 5.83. The van der Waals surface area contributed by atoms with E-state index in [0.717, 1.165) is 42.7 Å². The molecular formula is C18H26N2O2. The molecular weight excluding hydrogens is 276 g/mol. The molecule has 0 fully saturated rings. The predicted molar refractivity (Wildman–Crippen MR) is 89.8 cm³/mol. The average Bonchev–Trinajstić information content (AvgIpc) is 2.96. The molecule has 1 N–H and O–H groups in total. The Labute approximate surface area is 132 Å². The van der Waals surface area contributed by atoms with Gasteiger partial charge in [-0.25, -0.2) is 0 Å². The van der Waals surface area contributed by atoms with Gasteiger partial charge in [0, 0.05) is 18.5 Å². The van der Waals surface area contributed by atoms with Crippen molar-refractivity contribution in [1.82, 2.24) is 10.2 Å². The number of rotatable bonds is 8. The van der Waals surface area contributed by atoms with Crippen LogP contribution in [-0.4, -0.2) is 30.4 Å². The van der Waals surface area contributed by atoms with E-state index in [-0.39, 0.29) is 11.9 Å². The third kappa shape index (κ3) is 4.10. The largest absolute Gasteiger partial charge is 0.459 e. The van der Waals surface area contributed by atoms with Gasteiger partial charge in [0.05, 0.1) is 12.6 Å². The van der Waals surface area contributed by atoms with Gasteiger partial charge in [-0.15, -0.1) is 0 Å². The fraction of sp³-hybridized carbons (Fsp3) is 0.500. The number of nitrogens with one attached hydrogen (secondary N) is 1. The molecule has 0 saturated carbocycles. The number of nitrogens with zero attached hydrogens (tertiary/aromatic N) is 1. The molecule has 1 aromatic carbocycles. The first-order chi connectivity index (χ1) is 10.7. The molecule has 0 aliphatic carbocycles. The Morgan fingerprint density at radius 1 is 1.23 bits per heavy atom. The first kappa shape index (κ1) is 16.6. The van der Waals surface area contributed by atoms with E-state index in [1.54, 1.807) is 0 Å². The number of furan rings is 1. The van der Waals surface area contributed by atoms with Crippen LogP contribution < -0.4 is 5.32 Å². The van der Waals surface area contributed by atoms with Crippen molar-refractivity contribution in [1.29, 1.82) is 0 Å². The van der Waals surface area contributed by atoms with Gasteiger partial charge in [-0.3, -0.25) is 10.1 Å². The molecule has 1 unspecified atom stereocenters. The lowest BCUT2D eigenvalue weighted by Crippen LogP contribution is -2.39. The topological polar surface area (TPSA) is 45.5 Å². The maximum Gasteiger partial charge on any atom is 0.236 e. The van der Waals surface area contributed by atoms with E-state index in [1.807, 2.05) is 42.2 Å². The second-order valence-electron chi connectivity index (χ2n) is 5.67. The van der Waals surface area contributed by atoms with Crippen molar-refractivity contribution in [2.75, 3.05) is 19.6 Å². The average molecular weight is 302 g/mol. The maximum atomic E-state index is 12.3. The summed E-state index contributed by atoms with van der Waals surface area (Å²) in [6.45, 7) is 8.22. The molecule has 1 atom stereocenters. The molecule has 1 heterocycles. The highest BCUT2D eigenvalue weighted by Crippen LogP contribution is 2.23. The summed E-state index contributed by atoms with van der Waals surface area (Å²) in [4.78, 5) is 14.2. The lowest BCUT2D eigenvalue weighted by atomic mass is 10.2. The van der Waals surface area contributed by atoms with Crippen LogP contribution >= 0.6 is 0 Å². The highest BCUT2D eigenvalue weighted by molar-refractivity contribution is 5.79. The van der Waals surface area contributed by atoms with Gasteiger partial charge < -0.3 is 9.32 Å². The van der Waals surface area contributed by atoms with E-state index in [9.17, 15) is 4.79 Å². The van der Waals surface area contributed by atoms with Crippen molar-refractivity contribution in [2.24, 2.45) is 0 Å². The summed E-state index contributed by atoms with van der Waals surface area (Å²) >= 11 is 0. The third-order valence-corrected chi connectivity index (χ3v) is 3.77. The number of hydrogen-bond acceptors (Lipinski definition) is 3. The van der Waals surface area contributed by atoms with Gasteiger partial charge >= 0.3 is 0 Å². The van der Waals surface area contributed by atoms with Crippen LogP contribution in [0, 0.1) is 0 Å². The number of carbonyl (C=O) groups excluding carboxylic acids is 1. The first-order valence-electron chi connectivity index (χ1n) is 8.15. The van der Waals surface area contributed by atoms with Crippen molar-refractivity contribution >= 4 is 16.9 Å². The normalized spacial score (nSPS) is 12.5. The minimum absolute atomic E-state index is 0.0152. The minimum atomic E-state index is 0.0152. The van der Waals surface area contributed by atoms with Gasteiger partial charge in [-0.1, -0.05) is 32.0 Å². The smallest absolute Gasteiger partial charge is 0.236 e. The molecule has 0 saturated heterocycles. The van der Waals surface area contributed by atoms with Crippen molar-refractivity contribution in [3.8, 4) is 0 Å². The van der Waals surface area contributed by atoms with Gasteiger partial charge in [0.1, 0.15) is 11.3 Å². The minimum Gasteiger partial charge on any atom is -0.459 e. The Morgan fingerprint density at radius 3 is 2.55 bits per heavy atom. The maximum absolute atomic E-state index is 12.3. The van der Waals surface area contributed by atoms with Crippen LogP contribution in [0.5, 0.6) is 0 Å². The van der Waals surface area contributed by atoms with E-state index in [4.69, 9.17) is 4.42 Å². The van der Waals surface area contributed by atoms with Crippen LogP contribution in [0.3, 0.4) is 0 Å². The van der Waals surface area contributed by atoms with E-state index in [0.29, 0.717) is 6.54 Å². The summed E-state index contributed by atoms with van der Waals surface area (Å²) in [5.74, 6) is 1.03. The van der Waals surface area contributed by atoms with E-state index in [2.05, 4.69) is 19.2 Å². The summed E-state index contributed by atoms with van der Waals surface area (Å²) in [5, 5.41) is 4.37. The number of benzene rings is 1. The lowest BCUT2D eigenvalue weighted by Gasteiger charge is -2.22. The molecule has 1 aromatic heterocycles. The van der Waals surface area contributed by atoms with Crippen LogP contribution in [0.2, 0.25) is 0 Å². The van der Waals surface area contributed by atoms with E-state index in [1.165, 1.54) is 0 Å². The number of carbonyl (C=O) groups is 1. The van der Waals surface area contributed by atoms with Gasteiger partial charge in [0.25, 0.3) is 0 Å². The first-order valence-corrected chi connectivity index (χ1v) is 8.15. The summed E-state index contributed by atoms with van der Waals surface area (Å²) in [5.41, 5.74) is 0.885. The SMILES string of the molecule is CCCN(CCC)C(=O)CNC(C)c1cc2ccccc2o1. The molecule has 0 aliphatic heterocycles. The summed E-state index contributed by atoms with van der Waals surface area (Å²) in [6.07, 6.45) is 1.98. The Morgan fingerprint density at radius 2 is 1.91 bits per heavy atom. The highest BCUT2D eigenvalue weighted by Gasteiger charge is 2.15. The fourth-order valence-corrected chi connectivity index (χ4v) is 2.57.